The van der Waals surface area contributed by atoms with Gasteiger partial charge in [-0.2, -0.15) is 5.10 Å². The topological polar surface area (TPSA) is 76.9 Å². The standard InChI is InChI=1S/C19H23FN6O/c1-27-13-26-10-14(9-24-26)16-8-17-15(4-2-7-22-17)18(25-16)23-12-19(20)5-3-6-21-11-19/h2,4,7-10,21H,3,5-6,11-13H2,1H3,(H,23,25)/t19-/m1/s1. The molecule has 0 amide bonds. The lowest BCUT2D eigenvalue weighted by Gasteiger charge is -2.30. The Kier molecular flexibility index (Phi) is 5.00. The lowest BCUT2D eigenvalue weighted by atomic mass is 9.96. The first kappa shape index (κ1) is 17.8. The van der Waals surface area contributed by atoms with E-state index in [0.717, 1.165) is 35.1 Å². The molecule has 1 atom stereocenters. The fourth-order valence-corrected chi connectivity index (χ4v) is 3.38. The van der Waals surface area contributed by atoms with Gasteiger partial charge in [-0.1, -0.05) is 0 Å². The van der Waals surface area contributed by atoms with Gasteiger partial charge in [0, 0.05) is 37.0 Å². The Hall–Kier alpha value is -2.58. The molecule has 0 unspecified atom stereocenters. The minimum absolute atomic E-state index is 0.212. The summed E-state index contributed by atoms with van der Waals surface area (Å²) < 4.78 is 21.8. The van der Waals surface area contributed by atoms with Gasteiger partial charge in [0.1, 0.15) is 18.2 Å². The van der Waals surface area contributed by atoms with Crippen molar-refractivity contribution >= 4 is 16.7 Å². The van der Waals surface area contributed by atoms with Gasteiger partial charge in [0.05, 0.1) is 24.0 Å². The Morgan fingerprint density at radius 3 is 3.19 bits per heavy atom. The number of nitrogens with zero attached hydrogens (tertiary/aromatic N) is 4. The van der Waals surface area contributed by atoms with Crippen LogP contribution in [0.1, 0.15) is 12.8 Å². The summed E-state index contributed by atoms with van der Waals surface area (Å²) in [6.45, 7) is 1.81. The Morgan fingerprint density at radius 2 is 2.37 bits per heavy atom. The number of halogens is 1. The smallest absolute Gasteiger partial charge is 0.140 e. The zero-order valence-electron chi connectivity index (χ0n) is 15.3. The molecule has 0 aromatic carbocycles. The summed E-state index contributed by atoms with van der Waals surface area (Å²) >= 11 is 0. The number of nitrogens with one attached hydrogen (secondary N) is 2. The molecule has 3 aromatic rings. The second-order valence-electron chi connectivity index (χ2n) is 6.90. The SMILES string of the molecule is COCn1cc(-c2cc3ncccc3c(NC[C@@]3(F)CCCNC3)n2)cn1. The van der Waals surface area contributed by atoms with E-state index in [9.17, 15) is 4.39 Å². The summed E-state index contributed by atoms with van der Waals surface area (Å²) in [5.41, 5.74) is 1.13. The van der Waals surface area contributed by atoms with Gasteiger partial charge in [-0.25, -0.2) is 14.1 Å². The van der Waals surface area contributed by atoms with Crippen LogP contribution in [0, 0.1) is 0 Å². The van der Waals surface area contributed by atoms with Crippen molar-refractivity contribution < 1.29 is 9.13 Å². The number of hydrogen-bond acceptors (Lipinski definition) is 6. The van der Waals surface area contributed by atoms with Crippen LogP contribution in [0.5, 0.6) is 0 Å². The van der Waals surface area contributed by atoms with Gasteiger partial charge in [0.2, 0.25) is 0 Å². The van der Waals surface area contributed by atoms with E-state index in [1.54, 1.807) is 24.2 Å². The maximum absolute atomic E-state index is 15.0. The van der Waals surface area contributed by atoms with Crippen LogP contribution in [-0.4, -0.2) is 52.2 Å². The average molecular weight is 370 g/mol. The molecule has 3 aromatic heterocycles. The number of piperidine rings is 1. The van der Waals surface area contributed by atoms with Crippen LogP contribution in [0.3, 0.4) is 0 Å². The summed E-state index contributed by atoms with van der Waals surface area (Å²) in [5.74, 6) is 0.637. The first-order chi connectivity index (χ1) is 13.2. The normalized spacial score (nSPS) is 20.1. The van der Waals surface area contributed by atoms with Crippen LogP contribution in [0.15, 0.2) is 36.8 Å². The van der Waals surface area contributed by atoms with Crippen LogP contribution >= 0.6 is 0 Å². The molecule has 1 aliphatic heterocycles. The van der Waals surface area contributed by atoms with Crippen molar-refractivity contribution in [2.24, 2.45) is 0 Å². The highest BCUT2D eigenvalue weighted by atomic mass is 19.1. The van der Waals surface area contributed by atoms with E-state index in [1.165, 1.54) is 0 Å². The van der Waals surface area contributed by atoms with Gasteiger partial charge in [-0.05, 0) is 37.6 Å². The van der Waals surface area contributed by atoms with E-state index < -0.39 is 5.67 Å². The van der Waals surface area contributed by atoms with Gasteiger partial charge in [0.15, 0.2) is 0 Å². The lowest BCUT2D eigenvalue weighted by molar-refractivity contribution is 0.120. The van der Waals surface area contributed by atoms with Gasteiger partial charge in [0.25, 0.3) is 0 Å². The summed E-state index contributed by atoms with van der Waals surface area (Å²) in [7, 11) is 1.62. The Morgan fingerprint density at radius 1 is 1.44 bits per heavy atom. The van der Waals surface area contributed by atoms with E-state index in [1.807, 2.05) is 24.4 Å². The number of hydrogen-bond donors (Lipinski definition) is 2. The number of ether oxygens (including phenoxy) is 1. The van der Waals surface area contributed by atoms with Crippen molar-refractivity contribution in [2.45, 2.75) is 25.2 Å². The number of alkyl halides is 1. The summed E-state index contributed by atoms with van der Waals surface area (Å²) in [6.07, 6.45) is 6.74. The monoisotopic (exact) mass is 370 g/mol. The molecule has 27 heavy (non-hydrogen) atoms. The fraction of sp³-hybridized carbons (Fsp3) is 0.421. The molecule has 0 spiro atoms. The number of fused-ring (bicyclic) bond motifs is 1. The average Bonchev–Trinajstić information content (AvgIpc) is 3.16. The minimum Gasteiger partial charge on any atom is -0.366 e. The van der Waals surface area contributed by atoms with Crippen molar-refractivity contribution in [1.82, 2.24) is 25.1 Å². The van der Waals surface area contributed by atoms with Crippen LogP contribution in [0.2, 0.25) is 0 Å². The number of rotatable bonds is 6. The molecular formula is C19H23FN6O. The van der Waals surface area contributed by atoms with Gasteiger partial charge >= 0.3 is 0 Å². The summed E-state index contributed by atoms with van der Waals surface area (Å²) in [6, 6.07) is 5.72. The van der Waals surface area contributed by atoms with Crippen LogP contribution in [0.25, 0.3) is 22.2 Å². The Labute approximate surface area is 157 Å². The molecule has 1 fully saturated rings. The highest BCUT2D eigenvalue weighted by Crippen LogP contribution is 2.28. The van der Waals surface area contributed by atoms with E-state index in [-0.39, 0.29) is 6.54 Å². The third-order valence-corrected chi connectivity index (χ3v) is 4.78. The molecule has 2 N–H and O–H groups in total. The summed E-state index contributed by atoms with van der Waals surface area (Å²) in [4.78, 5) is 9.17. The zero-order valence-corrected chi connectivity index (χ0v) is 15.3. The first-order valence-corrected chi connectivity index (χ1v) is 9.08. The molecule has 8 heteroatoms. The van der Waals surface area contributed by atoms with Crippen LogP contribution in [-0.2, 0) is 11.5 Å². The predicted octanol–water partition coefficient (Wildman–Crippen LogP) is 2.60. The second kappa shape index (κ2) is 7.58. The molecule has 4 rings (SSSR count). The minimum atomic E-state index is -1.27. The first-order valence-electron chi connectivity index (χ1n) is 9.08. The molecular weight excluding hydrogens is 347 g/mol. The van der Waals surface area contributed by atoms with Crippen molar-refractivity contribution in [3.8, 4) is 11.3 Å². The highest BCUT2D eigenvalue weighted by Gasteiger charge is 2.31. The Balaban J connectivity index is 1.65. The molecule has 0 radical (unpaired) electrons. The van der Waals surface area contributed by atoms with E-state index >= 15 is 0 Å². The zero-order chi connectivity index (χ0) is 18.7. The van der Waals surface area contributed by atoms with Crippen molar-refractivity contribution in [3.63, 3.8) is 0 Å². The van der Waals surface area contributed by atoms with E-state index in [4.69, 9.17) is 9.72 Å². The molecule has 0 aliphatic carbocycles. The Bertz CT molecular complexity index is 921. The van der Waals surface area contributed by atoms with Gasteiger partial charge in [-0.15, -0.1) is 0 Å². The molecule has 4 heterocycles. The van der Waals surface area contributed by atoms with Crippen LogP contribution in [0.4, 0.5) is 10.2 Å². The molecule has 0 bridgehead atoms. The summed E-state index contributed by atoms with van der Waals surface area (Å²) in [5, 5.41) is 11.5. The second-order valence-corrected chi connectivity index (χ2v) is 6.90. The predicted molar refractivity (Wildman–Crippen MR) is 102 cm³/mol. The third kappa shape index (κ3) is 3.91. The van der Waals surface area contributed by atoms with E-state index in [2.05, 4.69) is 20.7 Å². The van der Waals surface area contributed by atoms with Crippen LogP contribution < -0.4 is 10.6 Å². The maximum Gasteiger partial charge on any atom is 0.140 e. The lowest BCUT2D eigenvalue weighted by Crippen LogP contribution is -2.46. The molecule has 142 valence electrons. The molecule has 1 saturated heterocycles. The quantitative estimate of drug-likeness (QED) is 0.695. The fourth-order valence-electron chi connectivity index (χ4n) is 3.38. The maximum atomic E-state index is 15.0. The van der Waals surface area contributed by atoms with Crippen molar-refractivity contribution in [2.75, 3.05) is 32.1 Å². The highest BCUT2D eigenvalue weighted by molar-refractivity contribution is 5.91. The van der Waals surface area contributed by atoms with Gasteiger partial charge < -0.3 is 15.4 Å². The number of anilines is 1. The van der Waals surface area contributed by atoms with E-state index in [0.29, 0.717) is 25.5 Å². The molecule has 7 nitrogen and oxygen atoms in total. The van der Waals surface area contributed by atoms with Crippen molar-refractivity contribution in [1.29, 1.82) is 0 Å². The number of aromatic nitrogens is 4. The third-order valence-electron chi connectivity index (χ3n) is 4.78. The molecule has 1 aliphatic rings. The number of pyridine rings is 2. The van der Waals surface area contributed by atoms with Gasteiger partial charge in [-0.3, -0.25) is 4.98 Å². The largest absolute Gasteiger partial charge is 0.366 e. The molecule has 0 saturated carbocycles. The van der Waals surface area contributed by atoms with Crippen molar-refractivity contribution in [3.05, 3.63) is 36.8 Å². The number of methoxy groups -OCH3 is 1.